The van der Waals surface area contributed by atoms with Crippen molar-refractivity contribution in [3.05, 3.63) is 29.8 Å². The third-order valence-corrected chi connectivity index (χ3v) is 3.71. The highest BCUT2D eigenvalue weighted by molar-refractivity contribution is 7.89. The lowest BCUT2D eigenvalue weighted by Gasteiger charge is -2.14. The number of amides is 1. The van der Waals surface area contributed by atoms with Crippen molar-refractivity contribution in [3.8, 4) is 0 Å². The van der Waals surface area contributed by atoms with Crippen LogP contribution in [0, 0.1) is 5.92 Å². The van der Waals surface area contributed by atoms with Crippen molar-refractivity contribution in [2.45, 2.75) is 37.8 Å². The van der Waals surface area contributed by atoms with E-state index in [-0.39, 0.29) is 23.2 Å². The molecule has 0 bridgehead atoms. The molecule has 1 rings (SSSR count). The van der Waals surface area contributed by atoms with E-state index in [9.17, 15) is 13.2 Å². The SMILES string of the molecule is CC(C)C[C@H](N)C(=O)NCc1ccc(S(N)(=O)=O)cc1.Cl. The summed E-state index contributed by atoms with van der Waals surface area (Å²) in [6.45, 7) is 4.30. The van der Waals surface area contributed by atoms with Crippen LogP contribution in [-0.4, -0.2) is 20.4 Å². The molecule has 0 unspecified atom stereocenters. The molecule has 1 atom stereocenters. The van der Waals surface area contributed by atoms with Gasteiger partial charge in [-0.15, -0.1) is 12.4 Å². The van der Waals surface area contributed by atoms with E-state index in [1.54, 1.807) is 12.1 Å². The summed E-state index contributed by atoms with van der Waals surface area (Å²) in [6, 6.07) is 5.50. The van der Waals surface area contributed by atoms with Crippen LogP contribution in [-0.2, 0) is 21.4 Å². The van der Waals surface area contributed by atoms with E-state index in [1.807, 2.05) is 13.8 Å². The quantitative estimate of drug-likeness (QED) is 0.711. The van der Waals surface area contributed by atoms with Gasteiger partial charge in [0.15, 0.2) is 0 Å². The Morgan fingerprint density at radius 1 is 1.24 bits per heavy atom. The second-order valence-corrected chi connectivity index (χ2v) is 6.70. The standard InChI is InChI=1S/C13H21N3O3S.ClH/c1-9(2)7-12(14)13(17)16-8-10-3-5-11(6-4-10)20(15,18)19;/h3-6,9,12H,7-8,14H2,1-2H3,(H,16,17)(H2,15,18,19);1H/t12-;/m0./s1. The fourth-order valence-electron chi connectivity index (χ4n) is 1.73. The van der Waals surface area contributed by atoms with Gasteiger partial charge in [-0.1, -0.05) is 26.0 Å². The van der Waals surface area contributed by atoms with E-state index in [2.05, 4.69) is 5.32 Å². The highest BCUT2D eigenvalue weighted by Crippen LogP contribution is 2.09. The number of hydrogen-bond donors (Lipinski definition) is 3. The summed E-state index contributed by atoms with van der Waals surface area (Å²) < 4.78 is 22.2. The van der Waals surface area contributed by atoms with Gasteiger partial charge in [0.1, 0.15) is 0 Å². The monoisotopic (exact) mass is 335 g/mol. The molecule has 0 saturated heterocycles. The van der Waals surface area contributed by atoms with E-state index in [4.69, 9.17) is 10.9 Å². The van der Waals surface area contributed by atoms with E-state index in [0.717, 1.165) is 5.56 Å². The van der Waals surface area contributed by atoms with Gasteiger partial charge in [0, 0.05) is 6.54 Å². The molecular formula is C13H22ClN3O3S. The molecule has 120 valence electrons. The first kappa shape index (κ1) is 19.9. The number of rotatable bonds is 6. The molecule has 0 radical (unpaired) electrons. The van der Waals surface area contributed by atoms with Gasteiger partial charge >= 0.3 is 0 Å². The van der Waals surface area contributed by atoms with Crippen LogP contribution in [0.3, 0.4) is 0 Å². The summed E-state index contributed by atoms with van der Waals surface area (Å²) in [4.78, 5) is 11.8. The minimum Gasteiger partial charge on any atom is -0.351 e. The summed E-state index contributed by atoms with van der Waals surface area (Å²) >= 11 is 0. The molecule has 8 heteroatoms. The third-order valence-electron chi connectivity index (χ3n) is 2.78. The molecule has 0 aliphatic carbocycles. The summed E-state index contributed by atoms with van der Waals surface area (Å²) in [5.41, 5.74) is 6.54. The number of sulfonamides is 1. The zero-order chi connectivity index (χ0) is 15.3. The lowest BCUT2D eigenvalue weighted by Crippen LogP contribution is -2.41. The smallest absolute Gasteiger partial charge is 0.238 e. The van der Waals surface area contributed by atoms with Crippen LogP contribution in [0.25, 0.3) is 0 Å². The second-order valence-electron chi connectivity index (χ2n) is 5.14. The number of halogens is 1. The molecule has 0 fully saturated rings. The van der Waals surface area contributed by atoms with E-state index < -0.39 is 16.1 Å². The number of hydrogen-bond acceptors (Lipinski definition) is 4. The maximum absolute atomic E-state index is 11.7. The number of carbonyl (C=O) groups is 1. The summed E-state index contributed by atoms with van der Waals surface area (Å²) in [7, 11) is -3.69. The van der Waals surface area contributed by atoms with Crippen LogP contribution in [0.4, 0.5) is 0 Å². The molecule has 6 nitrogen and oxygen atoms in total. The van der Waals surface area contributed by atoms with Crippen molar-refractivity contribution >= 4 is 28.3 Å². The first-order chi connectivity index (χ1) is 9.20. The molecule has 0 aromatic heterocycles. The molecule has 1 aromatic carbocycles. The van der Waals surface area contributed by atoms with Gasteiger partial charge in [0.05, 0.1) is 10.9 Å². The van der Waals surface area contributed by atoms with Crippen LogP contribution in [0.15, 0.2) is 29.2 Å². The van der Waals surface area contributed by atoms with Crippen molar-refractivity contribution in [2.75, 3.05) is 0 Å². The minimum atomic E-state index is -3.69. The lowest BCUT2D eigenvalue weighted by atomic mass is 10.0. The molecule has 1 amide bonds. The summed E-state index contributed by atoms with van der Waals surface area (Å²) in [5, 5.41) is 7.72. The predicted molar refractivity (Wildman–Crippen MR) is 84.3 cm³/mol. The van der Waals surface area contributed by atoms with E-state index >= 15 is 0 Å². The van der Waals surface area contributed by atoms with Gasteiger partial charge in [0.2, 0.25) is 15.9 Å². The highest BCUT2D eigenvalue weighted by atomic mass is 35.5. The van der Waals surface area contributed by atoms with Crippen LogP contribution >= 0.6 is 12.4 Å². The van der Waals surface area contributed by atoms with Gasteiger partial charge in [-0.3, -0.25) is 4.79 Å². The molecular weight excluding hydrogens is 314 g/mol. The van der Waals surface area contributed by atoms with Crippen molar-refractivity contribution in [1.82, 2.24) is 5.32 Å². The first-order valence-corrected chi connectivity index (χ1v) is 7.90. The maximum atomic E-state index is 11.7. The van der Waals surface area contributed by atoms with Crippen molar-refractivity contribution in [2.24, 2.45) is 16.8 Å². The average molecular weight is 336 g/mol. The topological polar surface area (TPSA) is 115 Å². The zero-order valence-electron chi connectivity index (χ0n) is 12.1. The Bertz CT molecular complexity index is 559. The summed E-state index contributed by atoms with van der Waals surface area (Å²) in [5.74, 6) is 0.138. The molecule has 0 aliphatic rings. The molecule has 0 spiro atoms. The Kier molecular flexibility index (Phi) is 7.87. The molecule has 1 aromatic rings. The molecule has 5 N–H and O–H groups in total. The van der Waals surface area contributed by atoms with E-state index in [0.29, 0.717) is 18.9 Å². The van der Waals surface area contributed by atoms with Gasteiger partial charge in [-0.05, 0) is 30.0 Å². The number of benzene rings is 1. The molecule has 0 saturated carbocycles. The Morgan fingerprint density at radius 3 is 2.19 bits per heavy atom. The van der Waals surface area contributed by atoms with E-state index in [1.165, 1.54) is 12.1 Å². The minimum absolute atomic E-state index is 0. The van der Waals surface area contributed by atoms with Crippen LogP contribution < -0.4 is 16.2 Å². The zero-order valence-corrected chi connectivity index (χ0v) is 13.7. The molecule has 0 aliphatic heterocycles. The van der Waals surface area contributed by atoms with Crippen LogP contribution in [0.1, 0.15) is 25.8 Å². The predicted octanol–water partition coefficient (Wildman–Crippen LogP) is 0.745. The Labute approximate surface area is 131 Å². The van der Waals surface area contributed by atoms with Crippen LogP contribution in [0.5, 0.6) is 0 Å². The van der Waals surface area contributed by atoms with Crippen LogP contribution in [0.2, 0.25) is 0 Å². The number of carbonyl (C=O) groups excluding carboxylic acids is 1. The fourth-order valence-corrected chi connectivity index (χ4v) is 2.25. The molecule has 21 heavy (non-hydrogen) atoms. The van der Waals surface area contributed by atoms with Gasteiger partial charge < -0.3 is 11.1 Å². The Balaban J connectivity index is 0.00000400. The van der Waals surface area contributed by atoms with Crippen molar-refractivity contribution in [1.29, 1.82) is 0 Å². The van der Waals surface area contributed by atoms with Crippen molar-refractivity contribution in [3.63, 3.8) is 0 Å². The lowest BCUT2D eigenvalue weighted by molar-refractivity contribution is -0.122. The third kappa shape index (κ3) is 6.90. The Morgan fingerprint density at radius 2 is 1.76 bits per heavy atom. The van der Waals surface area contributed by atoms with Gasteiger partial charge in [-0.25, -0.2) is 13.6 Å². The average Bonchev–Trinajstić information content (AvgIpc) is 2.34. The number of primary sulfonamides is 1. The fraction of sp³-hybridized carbons (Fsp3) is 0.462. The second kappa shape index (κ2) is 8.33. The van der Waals surface area contributed by atoms with Crippen molar-refractivity contribution < 1.29 is 13.2 Å². The normalized spacial score (nSPS) is 12.6. The van der Waals surface area contributed by atoms with Gasteiger partial charge in [0.25, 0.3) is 0 Å². The van der Waals surface area contributed by atoms with Gasteiger partial charge in [-0.2, -0.15) is 0 Å². The maximum Gasteiger partial charge on any atom is 0.238 e. The Hall–Kier alpha value is -1.15. The number of nitrogens with one attached hydrogen (secondary N) is 1. The molecule has 0 heterocycles. The first-order valence-electron chi connectivity index (χ1n) is 6.35. The highest BCUT2D eigenvalue weighted by Gasteiger charge is 2.14. The summed E-state index contributed by atoms with van der Waals surface area (Å²) in [6.07, 6.45) is 0.621. The largest absolute Gasteiger partial charge is 0.351 e. The number of nitrogens with two attached hydrogens (primary N) is 2.